The minimum Gasteiger partial charge on any atom is -0.327 e. The summed E-state index contributed by atoms with van der Waals surface area (Å²) in [5.74, 6) is 0.786. The molecule has 1 heterocycles. The standard InChI is InChI=1S/C10H20N2/c1-10(2,3)12-6-7-4-8(12)5-9(7)11/h7-9H,4-6,11H2,1-3H3/t7-,8?,9-/m1/s1. The van der Waals surface area contributed by atoms with Crippen LogP contribution >= 0.6 is 0 Å². The quantitative estimate of drug-likeness (QED) is 0.589. The lowest BCUT2D eigenvalue weighted by molar-refractivity contribution is 0.0912. The van der Waals surface area contributed by atoms with Crippen LogP contribution in [0.25, 0.3) is 0 Å². The molecule has 70 valence electrons. The molecule has 2 rings (SSSR count). The van der Waals surface area contributed by atoms with Crippen LogP contribution in [-0.2, 0) is 0 Å². The minimum atomic E-state index is 0.347. The summed E-state index contributed by atoms with van der Waals surface area (Å²) in [4.78, 5) is 2.63. The molecule has 0 spiro atoms. The van der Waals surface area contributed by atoms with E-state index in [9.17, 15) is 0 Å². The third-order valence-electron chi connectivity index (χ3n) is 3.46. The zero-order chi connectivity index (χ0) is 8.93. The van der Waals surface area contributed by atoms with E-state index in [2.05, 4.69) is 25.7 Å². The van der Waals surface area contributed by atoms with Gasteiger partial charge in [0.05, 0.1) is 0 Å². The molecular formula is C10H20N2. The van der Waals surface area contributed by atoms with E-state index >= 15 is 0 Å². The second-order valence-corrected chi connectivity index (χ2v) is 5.37. The molecule has 1 unspecified atom stereocenters. The first-order valence-electron chi connectivity index (χ1n) is 5.01. The highest BCUT2D eigenvalue weighted by molar-refractivity contribution is 5.02. The lowest BCUT2D eigenvalue weighted by Crippen LogP contribution is -2.50. The molecule has 0 radical (unpaired) electrons. The van der Waals surface area contributed by atoms with Crippen molar-refractivity contribution in [3.8, 4) is 0 Å². The summed E-state index contributed by atoms with van der Waals surface area (Å²) in [7, 11) is 0. The van der Waals surface area contributed by atoms with Gasteiger partial charge in [-0.1, -0.05) is 0 Å². The summed E-state index contributed by atoms with van der Waals surface area (Å²) in [6, 6.07) is 1.28. The first-order valence-corrected chi connectivity index (χ1v) is 5.01. The summed E-state index contributed by atoms with van der Waals surface area (Å²) in [6.45, 7) is 8.15. The SMILES string of the molecule is CC(C)(C)N1C[C@H]2CC1C[C@H]2N. The number of hydrogen-bond acceptors (Lipinski definition) is 2. The van der Waals surface area contributed by atoms with E-state index in [-0.39, 0.29) is 0 Å². The number of fused-ring (bicyclic) bond motifs is 2. The van der Waals surface area contributed by atoms with Crippen LogP contribution in [0.5, 0.6) is 0 Å². The molecular weight excluding hydrogens is 148 g/mol. The first kappa shape index (κ1) is 8.52. The van der Waals surface area contributed by atoms with Crippen molar-refractivity contribution in [2.75, 3.05) is 6.54 Å². The Morgan fingerprint density at radius 1 is 1.25 bits per heavy atom. The van der Waals surface area contributed by atoms with Gasteiger partial charge in [0.1, 0.15) is 0 Å². The van der Waals surface area contributed by atoms with Gasteiger partial charge in [-0.3, -0.25) is 4.90 Å². The topological polar surface area (TPSA) is 29.3 Å². The largest absolute Gasteiger partial charge is 0.327 e. The zero-order valence-corrected chi connectivity index (χ0v) is 8.38. The van der Waals surface area contributed by atoms with Crippen molar-refractivity contribution in [2.45, 2.75) is 51.2 Å². The third kappa shape index (κ3) is 1.17. The predicted octanol–water partition coefficient (Wildman–Crippen LogP) is 1.21. The van der Waals surface area contributed by atoms with Crippen molar-refractivity contribution in [3.63, 3.8) is 0 Å². The van der Waals surface area contributed by atoms with E-state index in [0.29, 0.717) is 11.6 Å². The molecule has 1 aliphatic carbocycles. The van der Waals surface area contributed by atoms with Crippen LogP contribution in [0.1, 0.15) is 33.6 Å². The molecule has 1 aliphatic heterocycles. The van der Waals surface area contributed by atoms with E-state index < -0.39 is 0 Å². The second-order valence-electron chi connectivity index (χ2n) is 5.37. The Labute approximate surface area is 75.1 Å². The van der Waals surface area contributed by atoms with Crippen LogP contribution in [-0.4, -0.2) is 29.1 Å². The summed E-state index contributed by atoms with van der Waals surface area (Å²) in [5.41, 5.74) is 6.35. The molecule has 3 atom stereocenters. The van der Waals surface area contributed by atoms with Gasteiger partial charge in [-0.15, -0.1) is 0 Å². The third-order valence-corrected chi connectivity index (χ3v) is 3.46. The number of rotatable bonds is 0. The monoisotopic (exact) mass is 168 g/mol. The van der Waals surface area contributed by atoms with E-state index in [4.69, 9.17) is 5.73 Å². The minimum absolute atomic E-state index is 0.347. The molecule has 12 heavy (non-hydrogen) atoms. The van der Waals surface area contributed by atoms with Crippen LogP contribution in [0.4, 0.5) is 0 Å². The van der Waals surface area contributed by atoms with Crippen LogP contribution in [0.15, 0.2) is 0 Å². The van der Waals surface area contributed by atoms with Crippen molar-refractivity contribution in [1.29, 1.82) is 0 Å². The van der Waals surface area contributed by atoms with Crippen molar-refractivity contribution >= 4 is 0 Å². The Hall–Kier alpha value is -0.0800. The number of nitrogens with two attached hydrogens (primary N) is 1. The Morgan fingerprint density at radius 2 is 1.92 bits per heavy atom. The van der Waals surface area contributed by atoms with E-state index in [1.807, 2.05) is 0 Å². The Bertz CT molecular complexity index is 181. The summed E-state index contributed by atoms with van der Waals surface area (Å²) < 4.78 is 0. The van der Waals surface area contributed by atoms with Gasteiger partial charge < -0.3 is 5.73 Å². The molecule has 2 heteroatoms. The Morgan fingerprint density at radius 3 is 2.25 bits per heavy atom. The lowest BCUT2D eigenvalue weighted by Gasteiger charge is -2.40. The molecule has 1 saturated carbocycles. The molecule has 2 bridgehead atoms. The predicted molar refractivity (Wildman–Crippen MR) is 50.9 cm³/mol. The molecule has 2 fully saturated rings. The van der Waals surface area contributed by atoms with Gasteiger partial charge in [0.2, 0.25) is 0 Å². The van der Waals surface area contributed by atoms with Crippen LogP contribution in [0.2, 0.25) is 0 Å². The van der Waals surface area contributed by atoms with Crippen molar-refractivity contribution in [3.05, 3.63) is 0 Å². The van der Waals surface area contributed by atoms with Gasteiger partial charge in [-0.25, -0.2) is 0 Å². The average molecular weight is 168 g/mol. The number of nitrogens with zero attached hydrogens (tertiary/aromatic N) is 1. The van der Waals surface area contributed by atoms with Gasteiger partial charge in [-0.05, 0) is 39.5 Å². The van der Waals surface area contributed by atoms with Crippen molar-refractivity contribution in [1.82, 2.24) is 4.90 Å². The van der Waals surface area contributed by atoms with Crippen molar-refractivity contribution < 1.29 is 0 Å². The average Bonchev–Trinajstić information content (AvgIpc) is 2.41. The van der Waals surface area contributed by atoms with E-state index in [0.717, 1.165) is 12.0 Å². The molecule has 2 aliphatic rings. The summed E-state index contributed by atoms with van der Waals surface area (Å²) >= 11 is 0. The lowest BCUT2D eigenvalue weighted by atomic mass is 9.98. The Kier molecular flexibility index (Phi) is 1.74. The fourth-order valence-corrected chi connectivity index (χ4v) is 2.81. The van der Waals surface area contributed by atoms with E-state index in [1.54, 1.807) is 0 Å². The van der Waals surface area contributed by atoms with E-state index in [1.165, 1.54) is 19.4 Å². The number of likely N-dealkylation sites (tertiary alicyclic amines) is 1. The van der Waals surface area contributed by atoms with Gasteiger partial charge >= 0.3 is 0 Å². The van der Waals surface area contributed by atoms with Crippen LogP contribution in [0, 0.1) is 5.92 Å². The van der Waals surface area contributed by atoms with Crippen LogP contribution in [0.3, 0.4) is 0 Å². The van der Waals surface area contributed by atoms with Crippen LogP contribution < -0.4 is 5.73 Å². The van der Waals surface area contributed by atoms with Gasteiger partial charge in [0, 0.05) is 24.2 Å². The molecule has 0 aromatic carbocycles. The molecule has 0 amide bonds. The highest BCUT2D eigenvalue weighted by Gasteiger charge is 2.46. The zero-order valence-electron chi connectivity index (χ0n) is 8.38. The number of piperidine rings is 1. The maximum atomic E-state index is 6.00. The van der Waals surface area contributed by atoms with Crippen molar-refractivity contribution in [2.24, 2.45) is 11.7 Å². The van der Waals surface area contributed by atoms with Gasteiger partial charge in [0.15, 0.2) is 0 Å². The molecule has 0 aromatic rings. The maximum Gasteiger partial charge on any atom is 0.0128 e. The molecule has 2 N–H and O–H groups in total. The fraction of sp³-hybridized carbons (Fsp3) is 1.00. The normalized spacial score (nSPS) is 42.5. The smallest absolute Gasteiger partial charge is 0.0128 e. The number of hydrogen-bond donors (Lipinski definition) is 1. The maximum absolute atomic E-state index is 6.00. The molecule has 1 saturated heterocycles. The highest BCUT2D eigenvalue weighted by Crippen LogP contribution is 2.40. The summed E-state index contributed by atoms with van der Waals surface area (Å²) in [6.07, 6.45) is 2.57. The van der Waals surface area contributed by atoms with Gasteiger partial charge in [-0.2, -0.15) is 0 Å². The van der Waals surface area contributed by atoms with Gasteiger partial charge in [0.25, 0.3) is 0 Å². The Balaban J connectivity index is 2.08. The fourth-order valence-electron chi connectivity index (χ4n) is 2.81. The first-order chi connectivity index (χ1) is 5.48. The molecule has 0 aromatic heterocycles. The second kappa shape index (κ2) is 2.46. The molecule has 2 nitrogen and oxygen atoms in total. The highest BCUT2D eigenvalue weighted by atomic mass is 15.3. The summed E-state index contributed by atoms with van der Waals surface area (Å²) in [5, 5.41) is 0.